The first-order valence-electron chi connectivity index (χ1n) is 6.64. The Morgan fingerprint density at radius 2 is 2.20 bits per heavy atom. The summed E-state index contributed by atoms with van der Waals surface area (Å²) in [6.45, 7) is 1.22. The van der Waals surface area contributed by atoms with E-state index in [4.69, 9.17) is 0 Å². The van der Waals surface area contributed by atoms with Crippen LogP contribution in [0.15, 0.2) is 30.9 Å². The normalized spacial score (nSPS) is 18.2. The summed E-state index contributed by atoms with van der Waals surface area (Å²) in [4.78, 5) is 29.7. The van der Waals surface area contributed by atoms with Gasteiger partial charge in [-0.15, -0.1) is 0 Å². The number of carbonyl (C=O) groups is 1. The van der Waals surface area contributed by atoms with Crippen molar-refractivity contribution in [2.45, 2.75) is 25.4 Å². The SMILES string of the molecule is O=C(NCc1ncc[nH]1)C1CCCN1c1ncccn1. The monoisotopic (exact) mass is 272 g/mol. The van der Waals surface area contributed by atoms with Gasteiger partial charge in [0.05, 0.1) is 6.54 Å². The molecule has 0 saturated carbocycles. The molecule has 1 amide bonds. The van der Waals surface area contributed by atoms with Crippen molar-refractivity contribution in [1.29, 1.82) is 0 Å². The molecule has 0 aliphatic carbocycles. The van der Waals surface area contributed by atoms with E-state index in [1.807, 2.05) is 4.90 Å². The van der Waals surface area contributed by atoms with Gasteiger partial charge in [-0.2, -0.15) is 0 Å². The van der Waals surface area contributed by atoms with Gasteiger partial charge < -0.3 is 15.2 Å². The third-order valence-corrected chi connectivity index (χ3v) is 3.35. The van der Waals surface area contributed by atoms with Gasteiger partial charge in [-0.25, -0.2) is 15.0 Å². The standard InChI is InChI=1S/C13H16N6O/c20-12(18-9-11-14-6-7-15-11)10-3-1-8-19(10)13-16-4-2-5-17-13/h2,4-7,10H,1,3,8-9H2,(H,14,15)(H,18,20). The summed E-state index contributed by atoms with van der Waals surface area (Å²) in [6.07, 6.45) is 8.58. The van der Waals surface area contributed by atoms with E-state index in [0.29, 0.717) is 12.5 Å². The van der Waals surface area contributed by atoms with Gasteiger partial charge in [-0.1, -0.05) is 0 Å². The summed E-state index contributed by atoms with van der Waals surface area (Å²) in [5.74, 6) is 1.35. The summed E-state index contributed by atoms with van der Waals surface area (Å²) >= 11 is 0. The molecule has 2 aromatic heterocycles. The van der Waals surface area contributed by atoms with E-state index >= 15 is 0 Å². The molecule has 1 fully saturated rings. The molecule has 2 N–H and O–H groups in total. The maximum Gasteiger partial charge on any atom is 0.243 e. The second-order valence-electron chi connectivity index (χ2n) is 4.65. The smallest absolute Gasteiger partial charge is 0.243 e. The van der Waals surface area contributed by atoms with Gasteiger partial charge in [-0.3, -0.25) is 4.79 Å². The number of nitrogens with one attached hydrogen (secondary N) is 2. The Kier molecular flexibility index (Phi) is 3.58. The van der Waals surface area contributed by atoms with Crippen LogP contribution in [0.3, 0.4) is 0 Å². The summed E-state index contributed by atoms with van der Waals surface area (Å²) in [5, 5.41) is 2.90. The lowest BCUT2D eigenvalue weighted by atomic mass is 10.2. The molecule has 1 aliphatic rings. The highest BCUT2D eigenvalue weighted by Crippen LogP contribution is 2.21. The Labute approximate surface area is 116 Å². The minimum Gasteiger partial charge on any atom is -0.347 e. The summed E-state index contributed by atoms with van der Waals surface area (Å²) in [6, 6.07) is 1.57. The lowest BCUT2D eigenvalue weighted by Gasteiger charge is -2.23. The molecule has 3 heterocycles. The summed E-state index contributed by atoms with van der Waals surface area (Å²) in [7, 11) is 0. The van der Waals surface area contributed by atoms with Crippen LogP contribution in [0.5, 0.6) is 0 Å². The molecule has 0 spiro atoms. The number of aromatic nitrogens is 4. The third kappa shape index (κ3) is 2.61. The second-order valence-corrected chi connectivity index (χ2v) is 4.65. The van der Waals surface area contributed by atoms with Crippen LogP contribution in [0.4, 0.5) is 5.95 Å². The molecular weight excluding hydrogens is 256 g/mol. The minimum absolute atomic E-state index is 0.00801. The molecule has 7 heteroatoms. The highest BCUT2D eigenvalue weighted by atomic mass is 16.2. The van der Waals surface area contributed by atoms with Crippen molar-refractivity contribution in [3.8, 4) is 0 Å². The lowest BCUT2D eigenvalue weighted by molar-refractivity contribution is -0.122. The van der Waals surface area contributed by atoms with Crippen LogP contribution >= 0.6 is 0 Å². The van der Waals surface area contributed by atoms with Crippen molar-refractivity contribution in [3.63, 3.8) is 0 Å². The molecule has 1 aliphatic heterocycles. The molecule has 20 heavy (non-hydrogen) atoms. The zero-order valence-corrected chi connectivity index (χ0v) is 11.0. The molecule has 0 radical (unpaired) electrons. The van der Waals surface area contributed by atoms with Gasteiger partial charge in [0.25, 0.3) is 0 Å². The van der Waals surface area contributed by atoms with E-state index in [0.717, 1.165) is 25.2 Å². The van der Waals surface area contributed by atoms with Crippen LogP contribution in [0.2, 0.25) is 0 Å². The van der Waals surface area contributed by atoms with Crippen molar-refractivity contribution in [2.75, 3.05) is 11.4 Å². The maximum absolute atomic E-state index is 12.3. The molecule has 0 bridgehead atoms. The molecule has 1 atom stereocenters. The zero-order valence-electron chi connectivity index (χ0n) is 11.0. The van der Waals surface area contributed by atoms with Crippen LogP contribution in [0.1, 0.15) is 18.7 Å². The Morgan fingerprint density at radius 3 is 2.95 bits per heavy atom. The predicted molar refractivity (Wildman–Crippen MR) is 72.8 cm³/mol. The van der Waals surface area contributed by atoms with Crippen molar-refractivity contribution >= 4 is 11.9 Å². The number of H-pyrrole nitrogens is 1. The average Bonchev–Trinajstić information content (AvgIpc) is 3.17. The first kappa shape index (κ1) is 12.6. The molecule has 0 aromatic carbocycles. The average molecular weight is 272 g/mol. The number of nitrogens with zero attached hydrogens (tertiary/aromatic N) is 4. The van der Waals surface area contributed by atoms with Gasteiger partial charge in [-0.05, 0) is 18.9 Å². The minimum atomic E-state index is -0.202. The van der Waals surface area contributed by atoms with E-state index < -0.39 is 0 Å². The summed E-state index contributed by atoms with van der Waals surface area (Å²) < 4.78 is 0. The van der Waals surface area contributed by atoms with Gasteiger partial charge >= 0.3 is 0 Å². The number of hydrogen-bond acceptors (Lipinski definition) is 5. The van der Waals surface area contributed by atoms with E-state index in [1.54, 1.807) is 30.9 Å². The highest BCUT2D eigenvalue weighted by molar-refractivity contribution is 5.85. The van der Waals surface area contributed by atoms with Gasteiger partial charge in [0.15, 0.2) is 0 Å². The number of amides is 1. The highest BCUT2D eigenvalue weighted by Gasteiger charge is 2.32. The van der Waals surface area contributed by atoms with E-state index in [1.165, 1.54) is 0 Å². The van der Waals surface area contributed by atoms with Crippen LogP contribution in [-0.4, -0.2) is 38.4 Å². The zero-order chi connectivity index (χ0) is 13.8. The van der Waals surface area contributed by atoms with E-state index in [2.05, 4.69) is 25.3 Å². The first-order valence-corrected chi connectivity index (χ1v) is 6.64. The van der Waals surface area contributed by atoms with Crippen LogP contribution < -0.4 is 10.2 Å². The van der Waals surface area contributed by atoms with Gasteiger partial charge in [0, 0.05) is 31.3 Å². The largest absolute Gasteiger partial charge is 0.347 e. The Balaban J connectivity index is 1.64. The molecule has 3 rings (SSSR count). The number of imidazole rings is 1. The van der Waals surface area contributed by atoms with Crippen LogP contribution in [0, 0.1) is 0 Å². The van der Waals surface area contributed by atoms with Crippen molar-refractivity contribution in [1.82, 2.24) is 25.3 Å². The van der Waals surface area contributed by atoms with Crippen molar-refractivity contribution in [3.05, 3.63) is 36.7 Å². The fraction of sp³-hybridized carbons (Fsp3) is 0.385. The van der Waals surface area contributed by atoms with E-state index in [9.17, 15) is 4.79 Å². The second kappa shape index (κ2) is 5.68. The lowest BCUT2D eigenvalue weighted by Crippen LogP contribution is -2.43. The molecule has 7 nitrogen and oxygen atoms in total. The molecule has 104 valence electrons. The number of carbonyl (C=O) groups excluding carboxylic acids is 1. The van der Waals surface area contributed by atoms with Gasteiger partial charge in [0.1, 0.15) is 11.9 Å². The van der Waals surface area contributed by atoms with Crippen LogP contribution in [0.25, 0.3) is 0 Å². The molecule has 2 aromatic rings. The molecular formula is C13H16N6O. The van der Waals surface area contributed by atoms with Crippen LogP contribution in [-0.2, 0) is 11.3 Å². The third-order valence-electron chi connectivity index (χ3n) is 3.35. The number of aromatic amines is 1. The molecule has 1 saturated heterocycles. The maximum atomic E-state index is 12.3. The topological polar surface area (TPSA) is 86.8 Å². The molecule has 1 unspecified atom stereocenters. The number of hydrogen-bond donors (Lipinski definition) is 2. The quantitative estimate of drug-likeness (QED) is 0.845. The van der Waals surface area contributed by atoms with E-state index in [-0.39, 0.29) is 11.9 Å². The fourth-order valence-electron chi connectivity index (χ4n) is 2.40. The fourth-order valence-corrected chi connectivity index (χ4v) is 2.40. The summed E-state index contributed by atoms with van der Waals surface area (Å²) in [5.41, 5.74) is 0. The first-order chi connectivity index (χ1) is 9.84. The van der Waals surface area contributed by atoms with Crippen molar-refractivity contribution < 1.29 is 4.79 Å². The van der Waals surface area contributed by atoms with Gasteiger partial charge in [0.2, 0.25) is 11.9 Å². The Hall–Kier alpha value is -2.44. The Bertz CT molecular complexity index is 556. The number of anilines is 1. The Morgan fingerprint density at radius 1 is 1.35 bits per heavy atom. The number of rotatable bonds is 4. The predicted octanol–water partition coefficient (Wildman–Crippen LogP) is 0.485. The van der Waals surface area contributed by atoms with Crippen molar-refractivity contribution in [2.24, 2.45) is 0 Å².